The molecule has 1 aromatic carbocycles. The lowest BCUT2D eigenvalue weighted by Crippen LogP contribution is -1.98. The second-order valence-electron chi connectivity index (χ2n) is 3.48. The molecule has 0 aliphatic carbocycles. The fourth-order valence-electron chi connectivity index (χ4n) is 1.47. The van der Waals surface area contributed by atoms with Crippen molar-refractivity contribution < 1.29 is 5.11 Å². The zero-order chi connectivity index (χ0) is 11.5. The number of benzene rings is 1. The van der Waals surface area contributed by atoms with E-state index in [9.17, 15) is 5.11 Å². The minimum absolute atomic E-state index is 0.490. The number of aliphatic hydroxyl groups is 1. The van der Waals surface area contributed by atoms with Crippen molar-refractivity contribution in [3.8, 4) is 0 Å². The largest absolute Gasteiger partial charge is 0.387 e. The highest BCUT2D eigenvalue weighted by Gasteiger charge is 2.13. The van der Waals surface area contributed by atoms with Crippen LogP contribution in [0.2, 0.25) is 5.02 Å². The highest BCUT2D eigenvalue weighted by Crippen LogP contribution is 2.36. The van der Waals surface area contributed by atoms with Crippen LogP contribution in [0.15, 0.2) is 40.2 Å². The van der Waals surface area contributed by atoms with Gasteiger partial charge in [-0.25, -0.2) is 0 Å². The van der Waals surface area contributed by atoms with Gasteiger partial charge >= 0.3 is 0 Å². The van der Waals surface area contributed by atoms with E-state index in [1.165, 1.54) is 11.3 Å². The summed E-state index contributed by atoms with van der Waals surface area (Å²) in [5.74, 6) is 0. The van der Waals surface area contributed by atoms with Crippen LogP contribution in [0.4, 0.5) is 0 Å². The molecule has 1 unspecified atom stereocenters. The molecule has 1 aromatic heterocycles. The lowest BCUT2D eigenvalue weighted by atomic mass is 10.1. The molecule has 2 rings (SSSR count). The minimum Gasteiger partial charge on any atom is -0.387 e. The molecule has 1 nitrogen and oxygen atoms in total. The molecule has 0 bridgehead atoms. The van der Waals surface area contributed by atoms with Gasteiger partial charge < -0.3 is 5.11 Å². The minimum atomic E-state index is -0.490. The Morgan fingerprint density at radius 2 is 2.00 bits per heavy atom. The van der Waals surface area contributed by atoms with E-state index in [2.05, 4.69) is 15.9 Å². The normalized spacial score (nSPS) is 12.7. The van der Waals surface area contributed by atoms with Crippen LogP contribution in [0.1, 0.15) is 16.5 Å². The Morgan fingerprint density at radius 3 is 2.56 bits per heavy atom. The van der Waals surface area contributed by atoms with Gasteiger partial charge in [0, 0.05) is 11.3 Å². The average Bonchev–Trinajstić information content (AvgIpc) is 2.61. The molecule has 0 saturated heterocycles. The number of hydrogen-bond acceptors (Lipinski definition) is 2. The monoisotopic (exact) mass is 316 g/mol. The Labute approximate surface area is 112 Å². The van der Waals surface area contributed by atoms with Crippen LogP contribution in [0.25, 0.3) is 0 Å². The summed E-state index contributed by atoms with van der Waals surface area (Å²) < 4.78 is 0.872. The first kappa shape index (κ1) is 12.1. The van der Waals surface area contributed by atoms with Crippen molar-refractivity contribution in [3.05, 3.63) is 55.6 Å². The lowest BCUT2D eigenvalue weighted by molar-refractivity contribution is 0.182. The molecule has 0 saturated carbocycles. The van der Waals surface area contributed by atoms with Gasteiger partial charge in [-0.15, -0.1) is 11.3 Å². The molecule has 1 heterocycles. The molecule has 0 amide bonds. The topological polar surface area (TPSA) is 20.2 Å². The standard InChI is InChI=1S/C12H10BrClOS/c13-12-9(14)7-11(16-12)10(15)6-8-4-2-1-3-5-8/h1-5,7,10,15H,6H2. The summed E-state index contributed by atoms with van der Waals surface area (Å²) in [6, 6.07) is 11.7. The van der Waals surface area contributed by atoms with Gasteiger partial charge in [0.1, 0.15) is 0 Å². The van der Waals surface area contributed by atoms with Crippen LogP contribution >= 0.6 is 38.9 Å². The maximum atomic E-state index is 10.0. The number of rotatable bonds is 3. The van der Waals surface area contributed by atoms with Crippen LogP contribution in [-0.2, 0) is 6.42 Å². The smallest absolute Gasteiger partial charge is 0.0923 e. The Balaban J connectivity index is 2.11. The summed E-state index contributed by atoms with van der Waals surface area (Å²) >= 11 is 10.8. The van der Waals surface area contributed by atoms with E-state index in [0.29, 0.717) is 11.4 Å². The van der Waals surface area contributed by atoms with Gasteiger partial charge in [0.25, 0.3) is 0 Å². The molecular formula is C12H10BrClOS. The maximum Gasteiger partial charge on any atom is 0.0923 e. The molecule has 1 atom stereocenters. The highest BCUT2D eigenvalue weighted by atomic mass is 79.9. The molecule has 16 heavy (non-hydrogen) atoms. The summed E-state index contributed by atoms with van der Waals surface area (Å²) in [4.78, 5) is 0.890. The van der Waals surface area contributed by atoms with Crippen molar-refractivity contribution in [1.82, 2.24) is 0 Å². The fraction of sp³-hybridized carbons (Fsp3) is 0.167. The number of halogens is 2. The van der Waals surface area contributed by atoms with Crippen molar-refractivity contribution in [1.29, 1.82) is 0 Å². The lowest BCUT2D eigenvalue weighted by Gasteiger charge is -2.07. The molecule has 4 heteroatoms. The molecule has 0 fully saturated rings. The number of thiophene rings is 1. The van der Waals surface area contributed by atoms with Crippen LogP contribution in [0.3, 0.4) is 0 Å². The second-order valence-corrected chi connectivity index (χ2v) is 6.28. The number of aliphatic hydroxyl groups excluding tert-OH is 1. The maximum absolute atomic E-state index is 10.0. The van der Waals surface area contributed by atoms with Crippen LogP contribution in [0, 0.1) is 0 Å². The molecular weight excluding hydrogens is 308 g/mol. The summed E-state index contributed by atoms with van der Waals surface area (Å²) in [5, 5.41) is 10.7. The van der Waals surface area contributed by atoms with E-state index < -0.39 is 6.10 Å². The van der Waals surface area contributed by atoms with Crippen LogP contribution in [-0.4, -0.2) is 5.11 Å². The van der Waals surface area contributed by atoms with E-state index >= 15 is 0 Å². The Morgan fingerprint density at radius 1 is 1.31 bits per heavy atom. The van der Waals surface area contributed by atoms with Gasteiger partial charge in [0.05, 0.1) is 14.9 Å². The van der Waals surface area contributed by atoms with E-state index in [1.54, 1.807) is 0 Å². The first-order chi connectivity index (χ1) is 7.66. The summed E-state index contributed by atoms with van der Waals surface area (Å²) in [7, 11) is 0. The van der Waals surface area contributed by atoms with Gasteiger partial charge in [-0.2, -0.15) is 0 Å². The summed E-state index contributed by atoms with van der Waals surface area (Å²) in [6.45, 7) is 0. The van der Waals surface area contributed by atoms with E-state index in [1.807, 2.05) is 36.4 Å². The third kappa shape index (κ3) is 2.86. The molecule has 1 N–H and O–H groups in total. The van der Waals surface area contributed by atoms with Crippen molar-refractivity contribution in [3.63, 3.8) is 0 Å². The predicted molar refractivity (Wildman–Crippen MR) is 72.1 cm³/mol. The quantitative estimate of drug-likeness (QED) is 0.887. The van der Waals surface area contributed by atoms with E-state index in [0.717, 1.165) is 14.2 Å². The first-order valence-electron chi connectivity index (χ1n) is 4.83. The van der Waals surface area contributed by atoms with Gasteiger partial charge in [0.15, 0.2) is 0 Å². The van der Waals surface area contributed by atoms with E-state index in [4.69, 9.17) is 11.6 Å². The molecule has 0 spiro atoms. The Kier molecular flexibility index (Phi) is 4.03. The zero-order valence-corrected chi connectivity index (χ0v) is 11.5. The summed E-state index contributed by atoms with van der Waals surface area (Å²) in [6.07, 6.45) is 0.126. The predicted octanol–water partition coefficient (Wildman–Crippen LogP) is 4.44. The van der Waals surface area contributed by atoms with E-state index in [-0.39, 0.29) is 0 Å². The van der Waals surface area contributed by atoms with Crippen molar-refractivity contribution in [2.45, 2.75) is 12.5 Å². The fourth-order valence-corrected chi connectivity index (χ4v) is 3.20. The first-order valence-corrected chi connectivity index (χ1v) is 6.82. The van der Waals surface area contributed by atoms with Crippen molar-refractivity contribution in [2.75, 3.05) is 0 Å². The second kappa shape index (κ2) is 5.32. The average molecular weight is 318 g/mol. The van der Waals surface area contributed by atoms with Crippen molar-refractivity contribution >= 4 is 38.9 Å². The highest BCUT2D eigenvalue weighted by molar-refractivity contribution is 9.11. The van der Waals surface area contributed by atoms with Gasteiger partial charge in [-0.05, 0) is 27.6 Å². The third-order valence-electron chi connectivity index (χ3n) is 2.26. The SMILES string of the molecule is OC(Cc1ccccc1)c1cc(Cl)c(Br)s1. The van der Waals surface area contributed by atoms with Gasteiger partial charge in [0.2, 0.25) is 0 Å². The van der Waals surface area contributed by atoms with Gasteiger partial charge in [-0.3, -0.25) is 0 Å². The third-order valence-corrected chi connectivity index (χ3v) is 4.84. The Bertz CT molecular complexity index is 450. The molecule has 0 radical (unpaired) electrons. The molecule has 0 aliphatic heterocycles. The van der Waals surface area contributed by atoms with Crippen LogP contribution < -0.4 is 0 Å². The van der Waals surface area contributed by atoms with Crippen molar-refractivity contribution in [2.24, 2.45) is 0 Å². The van der Waals surface area contributed by atoms with Gasteiger partial charge in [-0.1, -0.05) is 41.9 Å². The number of hydrogen-bond donors (Lipinski definition) is 1. The molecule has 0 aliphatic rings. The molecule has 84 valence electrons. The Hall–Kier alpha value is -0.350. The molecule has 2 aromatic rings. The van der Waals surface area contributed by atoms with Crippen LogP contribution in [0.5, 0.6) is 0 Å². The zero-order valence-electron chi connectivity index (χ0n) is 8.36. The summed E-state index contributed by atoms with van der Waals surface area (Å²) in [5.41, 5.74) is 1.12.